The van der Waals surface area contributed by atoms with E-state index in [1.807, 2.05) is 39.0 Å². The normalized spacial score (nSPS) is 10.8. The van der Waals surface area contributed by atoms with Gasteiger partial charge in [0.2, 0.25) is 5.91 Å². The number of benzene rings is 1. The minimum atomic E-state index is -0.941. The minimum Gasteiger partial charge on any atom is -0.324 e. The van der Waals surface area contributed by atoms with Crippen molar-refractivity contribution in [3.8, 4) is 6.07 Å². The average Bonchev–Trinajstić information content (AvgIpc) is 2.38. The molecule has 0 atom stereocenters. The predicted molar refractivity (Wildman–Crippen MR) is 76.1 cm³/mol. The lowest BCUT2D eigenvalue weighted by atomic mass is 9.83. The standard InChI is InChI=1S/C14H17BrN2O/c1-4-14(5-2,9-16)13(18)17-11-8-6-7-10(3)12(11)15/h6-8H,4-5H2,1-3H3,(H,17,18). The molecule has 1 aromatic carbocycles. The van der Waals surface area contributed by atoms with Gasteiger partial charge in [0.15, 0.2) is 0 Å². The number of halogens is 1. The highest BCUT2D eigenvalue weighted by Crippen LogP contribution is 2.30. The summed E-state index contributed by atoms with van der Waals surface area (Å²) in [5, 5.41) is 12.1. The number of nitriles is 1. The Labute approximate surface area is 116 Å². The summed E-state index contributed by atoms with van der Waals surface area (Å²) >= 11 is 3.44. The third-order valence-electron chi connectivity index (χ3n) is 3.30. The van der Waals surface area contributed by atoms with Crippen LogP contribution in [0.15, 0.2) is 22.7 Å². The van der Waals surface area contributed by atoms with E-state index in [0.29, 0.717) is 18.5 Å². The molecule has 4 heteroatoms. The lowest BCUT2D eigenvalue weighted by Gasteiger charge is -2.22. The molecule has 0 aliphatic rings. The number of aryl methyl sites for hydroxylation is 1. The number of amides is 1. The van der Waals surface area contributed by atoms with Crippen LogP contribution in [-0.2, 0) is 4.79 Å². The molecule has 1 N–H and O–H groups in total. The molecule has 0 saturated heterocycles. The number of nitrogens with one attached hydrogen (secondary N) is 1. The van der Waals surface area contributed by atoms with Crippen molar-refractivity contribution in [1.29, 1.82) is 5.26 Å². The van der Waals surface area contributed by atoms with Crippen molar-refractivity contribution in [3.05, 3.63) is 28.2 Å². The van der Waals surface area contributed by atoms with E-state index in [9.17, 15) is 10.1 Å². The molecule has 0 aliphatic heterocycles. The first-order valence-corrected chi connectivity index (χ1v) is 6.78. The summed E-state index contributed by atoms with van der Waals surface area (Å²) in [4.78, 5) is 12.2. The van der Waals surface area contributed by atoms with E-state index >= 15 is 0 Å². The van der Waals surface area contributed by atoms with E-state index in [0.717, 1.165) is 10.0 Å². The molecule has 0 fully saturated rings. The van der Waals surface area contributed by atoms with Crippen LogP contribution in [0.25, 0.3) is 0 Å². The van der Waals surface area contributed by atoms with Gasteiger partial charge >= 0.3 is 0 Å². The molecule has 0 unspecified atom stereocenters. The summed E-state index contributed by atoms with van der Waals surface area (Å²) in [5.74, 6) is -0.235. The molecule has 1 rings (SSSR count). The van der Waals surface area contributed by atoms with Crippen LogP contribution < -0.4 is 5.32 Å². The van der Waals surface area contributed by atoms with Gasteiger partial charge in [0, 0.05) is 4.47 Å². The molecule has 0 saturated carbocycles. The first-order valence-electron chi connectivity index (χ1n) is 5.98. The van der Waals surface area contributed by atoms with Gasteiger partial charge in [-0.2, -0.15) is 5.26 Å². The zero-order valence-electron chi connectivity index (χ0n) is 10.9. The van der Waals surface area contributed by atoms with Crippen LogP contribution in [0.3, 0.4) is 0 Å². The van der Waals surface area contributed by atoms with Crippen LogP contribution in [-0.4, -0.2) is 5.91 Å². The van der Waals surface area contributed by atoms with Gasteiger partial charge < -0.3 is 5.32 Å². The molecule has 1 aromatic rings. The molecule has 0 spiro atoms. The van der Waals surface area contributed by atoms with Crippen LogP contribution in [0, 0.1) is 23.7 Å². The smallest absolute Gasteiger partial charge is 0.244 e. The van der Waals surface area contributed by atoms with Crippen molar-refractivity contribution in [2.75, 3.05) is 5.32 Å². The first-order chi connectivity index (χ1) is 8.50. The zero-order valence-corrected chi connectivity index (χ0v) is 12.5. The van der Waals surface area contributed by atoms with Gasteiger partial charge in [0.25, 0.3) is 0 Å². The Morgan fingerprint density at radius 3 is 2.56 bits per heavy atom. The van der Waals surface area contributed by atoms with Crippen molar-refractivity contribution in [2.24, 2.45) is 5.41 Å². The fourth-order valence-corrected chi connectivity index (χ4v) is 2.13. The van der Waals surface area contributed by atoms with E-state index in [2.05, 4.69) is 27.3 Å². The van der Waals surface area contributed by atoms with E-state index < -0.39 is 5.41 Å². The maximum atomic E-state index is 12.2. The lowest BCUT2D eigenvalue weighted by Crippen LogP contribution is -2.34. The Morgan fingerprint density at radius 2 is 2.06 bits per heavy atom. The number of carbonyl (C=O) groups excluding carboxylic acids is 1. The molecular weight excluding hydrogens is 292 g/mol. The highest BCUT2D eigenvalue weighted by atomic mass is 79.9. The van der Waals surface area contributed by atoms with E-state index in [1.165, 1.54) is 0 Å². The summed E-state index contributed by atoms with van der Waals surface area (Å²) in [6.45, 7) is 5.67. The molecule has 0 aromatic heterocycles. The Hall–Kier alpha value is -1.34. The van der Waals surface area contributed by atoms with Gasteiger partial charge in [-0.25, -0.2) is 0 Å². The highest BCUT2D eigenvalue weighted by Gasteiger charge is 2.35. The van der Waals surface area contributed by atoms with Crippen molar-refractivity contribution in [3.63, 3.8) is 0 Å². The van der Waals surface area contributed by atoms with Crippen molar-refractivity contribution >= 4 is 27.5 Å². The monoisotopic (exact) mass is 308 g/mol. The third kappa shape index (κ3) is 2.73. The third-order valence-corrected chi connectivity index (χ3v) is 4.35. The van der Waals surface area contributed by atoms with Crippen LogP contribution in [0.2, 0.25) is 0 Å². The molecule has 0 heterocycles. The number of carbonyl (C=O) groups is 1. The number of hydrogen-bond acceptors (Lipinski definition) is 2. The number of rotatable bonds is 4. The minimum absolute atomic E-state index is 0.235. The lowest BCUT2D eigenvalue weighted by molar-refractivity contribution is -0.123. The maximum absolute atomic E-state index is 12.2. The molecule has 18 heavy (non-hydrogen) atoms. The Kier molecular flexibility index (Phi) is 4.92. The van der Waals surface area contributed by atoms with E-state index in [1.54, 1.807) is 0 Å². The molecular formula is C14H17BrN2O. The van der Waals surface area contributed by atoms with Crippen molar-refractivity contribution < 1.29 is 4.79 Å². The molecule has 1 amide bonds. The topological polar surface area (TPSA) is 52.9 Å². The van der Waals surface area contributed by atoms with Crippen LogP contribution in [0.4, 0.5) is 5.69 Å². The largest absolute Gasteiger partial charge is 0.324 e. The molecule has 0 radical (unpaired) electrons. The SMILES string of the molecule is CCC(C#N)(CC)C(=O)Nc1cccc(C)c1Br. The van der Waals surface area contributed by atoms with Gasteiger partial charge in [-0.05, 0) is 47.3 Å². The van der Waals surface area contributed by atoms with E-state index in [4.69, 9.17) is 0 Å². The van der Waals surface area contributed by atoms with Crippen LogP contribution in [0.5, 0.6) is 0 Å². The Morgan fingerprint density at radius 1 is 1.44 bits per heavy atom. The summed E-state index contributed by atoms with van der Waals surface area (Å²) in [7, 11) is 0. The second kappa shape index (κ2) is 6.01. The highest BCUT2D eigenvalue weighted by molar-refractivity contribution is 9.10. The fourth-order valence-electron chi connectivity index (χ4n) is 1.77. The number of nitrogens with zero attached hydrogens (tertiary/aromatic N) is 1. The molecule has 96 valence electrons. The van der Waals surface area contributed by atoms with Crippen molar-refractivity contribution in [2.45, 2.75) is 33.6 Å². The van der Waals surface area contributed by atoms with E-state index in [-0.39, 0.29) is 5.91 Å². The Bertz CT molecular complexity index is 487. The first kappa shape index (κ1) is 14.7. The quantitative estimate of drug-likeness (QED) is 0.913. The summed E-state index contributed by atoms with van der Waals surface area (Å²) in [6.07, 6.45) is 1.02. The molecule has 0 aliphatic carbocycles. The van der Waals surface area contributed by atoms with Gasteiger partial charge in [0.05, 0.1) is 11.8 Å². The molecule has 0 bridgehead atoms. The number of hydrogen-bond donors (Lipinski definition) is 1. The van der Waals surface area contributed by atoms with Gasteiger partial charge in [-0.15, -0.1) is 0 Å². The fraction of sp³-hybridized carbons (Fsp3) is 0.429. The Balaban J connectivity index is 3.01. The van der Waals surface area contributed by atoms with Crippen LogP contribution >= 0.6 is 15.9 Å². The average molecular weight is 309 g/mol. The van der Waals surface area contributed by atoms with Crippen LogP contribution in [0.1, 0.15) is 32.3 Å². The summed E-state index contributed by atoms with van der Waals surface area (Å²) < 4.78 is 0.859. The summed E-state index contributed by atoms with van der Waals surface area (Å²) in [5.41, 5.74) is 0.813. The zero-order chi connectivity index (χ0) is 13.8. The maximum Gasteiger partial charge on any atom is 0.244 e. The number of anilines is 1. The molecule has 3 nitrogen and oxygen atoms in total. The van der Waals surface area contributed by atoms with Gasteiger partial charge in [-0.3, -0.25) is 4.79 Å². The van der Waals surface area contributed by atoms with Crippen molar-refractivity contribution in [1.82, 2.24) is 0 Å². The van der Waals surface area contributed by atoms with Gasteiger partial charge in [-0.1, -0.05) is 26.0 Å². The second-order valence-electron chi connectivity index (χ2n) is 4.29. The second-order valence-corrected chi connectivity index (χ2v) is 5.08. The predicted octanol–water partition coefficient (Wildman–Crippen LogP) is 4.03. The summed E-state index contributed by atoms with van der Waals surface area (Å²) in [6, 6.07) is 7.80. The van der Waals surface area contributed by atoms with Gasteiger partial charge in [0.1, 0.15) is 5.41 Å².